The molecule has 0 aliphatic heterocycles. The predicted octanol–water partition coefficient (Wildman–Crippen LogP) is 1.78. The molecule has 1 heterocycles. The molecule has 9 heteroatoms. The lowest BCUT2D eigenvalue weighted by Gasteiger charge is -2.14. The Hall–Kier alpha value is -2.06. The van der Waals surface area contributed by atoms with Crippen molar-refractivity contribution in [3.8, 4) is 11.5 Å². The van der Waals surface area contributed by atoms with E-state index in [0.29, 0.717) is 6.20 Å². The summed E-state index contributed by atoms with van der Waals surface area (Å²) in [7, 11) is 0. The van der Waals surface area contributed by atoms with E-state index in [2.05, 4.69) is 9.72 Å². The molecule has 0 amide bonds. The molecular weight excluding hydrogens is 262 g/mol. The average Bonchev–Trinajstić information content (AvgIpc) is 2.21. The van der Waals surface area contributed by atoms with E-state index >= 15 is 0 Å². The number of aliphatic carboxylic acids is 1. The Balaban J connectivity index is 3.24. The van der Waals surface area contributed by atoms with Gasteiger partial charge in [0, 0.05) is 0 Å². The number of hydrogen-bond acceptors (Lipinski definition) is 4. The number of alkyl halides is 4. The van der Waals surface area contributed by atoms with Crippen LogP contribution in [-0.2, 0) is 17.9 Å². The van der Waals surface area contributed by atoms with Gasteiger partial charge < -0.3 is 14.9 Å². The van der Waals surface area contributed by atoms with E-state index in [1.165, 1.54) is 0 Å². The van der Waals surface area contributed by atoms with Crippen molar-refractivity contribution >= 4 is 5.97 Å². The van der Waals surface area contributed by atoms with E-state index in [1.54, 1.807) is 0 Å². The molecule has 100 valence electrons. The Morgan fingerprint density at radius 3 is 2.50 bits per heavy atom. The van der Waals surface area contributed by atoms with Crippen LogP contribution in [0.15, 0.2) is 6.20 Å². The second-order valence-electron chi connectivity index (χ2n) is 3.15. The molecule has 0 aliphatic carbocycles. The van der Waals surface area contributed by atoms with Gasteiger partial charge in [-0.1, -0.05) is 0 Å². The van der Waals surface area contributed by atoms with Crippen molar-refractivity contribution in [1.29, 1.82) is 0 Å². The number of rotatable bonds is 4. The monoisotopic (exact) mass is 269 g/mol. The third-order valence-electron chi connectivity index (χ3n) is 1.87. The Morgan fingerprint density at radius 1 is 1.44 bits per heavy atom. The Kier molecular flexibility index (Phi) is 3.94. The highest BCUT2D eigenvalue weighted by Crippen LogP contribution is 2.33. The van der Waals surface area contributed by atoms with Gasteiger partial charge in [-0.2, -0.15) is 0 Å². The van der Waals surface area contributed by atoms with Crippen LogP contribution in [0.25, 0.3) is 0 Å². The van der Waals surface area contributed by atoms with E-state index in [4.69, 9.17) is 5.11 Å². The summed E-state index contributed by atoms with van der Waals surface area (Å²) in [6, 6.07) is 0. The van der Waals surface area contributed by atoms with Gasteiger partial charge in [0.25, 0.3) is 0 Å². The first kappa shape index (κ1) is 14.0. The summed E-state index contributed by atoms with van der Waals surface area (Å²) >= 11 is 0. The van der Waals surface area contributed by atoms with Crippen molar-refractivity contribution in [3.63, 3.8) is 0 Å². The van der Waals surface area contributed by atoms with Gasteiger partial charge in [-0.15, -0.1) is 13.2 Å². The fourth-order valence-corrected chi connectivity index (χ4v) is 1.20. The van der Waals surface area contributed by atoms with E-state index < -0.39 is 48.2 Å². The molecule has 0 spiro atoms. The van der Waals surface area contributed by atoms with Crippen LogP contribution in [0.3, 0.4) is 0 Å². The average molecular weight is 269 g/mol. The first-order valence-corrected chi connectivity index (χ1v) is 4.47. The van der Waals surface area contributed by atoms with E-state index in [0.717, 1.165) is 0 Å². The molecular formula is C9H7F4NO4. The summed E-state index contributed by atoms with van der Waals surface area (Å²) in [5, 5.41) is 17.9. The van der Waals surface area contributed by atoms with Crippen LogP contribution < -0.4 is 4.74 Å². The van der Waals surface area contributed by atoms with E-state index in [-0.39, 0.29) is 0 Å². The molecule has 18 heavy (non-hydrogen) atoms. The highest BCUT2D eigenvalue weighted by molar-refractivity contribution is 5.73. The topological polar surface area (TPSA) is 79.7 Å². The second-order valence-corrected chi connectivity index (χ2v) is 3.15. The van der Waals surface area contributed by atoms with Gasteiger partial charge in [-0.05, 0) is 0 Å². The van der Waals surface area contributed by atoms with Crippen molar-refractivity contribution in [2.45, 2.75) is 19.5 Å². The molecule has 0 atom stereocenters. The number of aromatic nitrogens is 1. The summed E-state index contributed by atoms with van der Waals surface area (Å²) in [6.45, 7) is -1.25. The molecule has 5 nitrogen and oxygen atoms in total. The number of halogens is 4. The Bertz CT molecular complexity index is 461. The van der Waals surface area contributed by atoms with Gasteiger partial charge in [-0.3, -0.25) is 9.78 Å². The maximum Gasteiger partial charge on any atom is 0.573 e. The number of carboxylic acids is 1. The fourth-order valence-electron chi connectivity index (χ4n) is 1.20. The van der Waals surface area contributed by atoms with Crippen LogP contribution >= 0.6 is 0 Å². The van der Waals surface area contributed by atoms with Crippen molar-refractivity contribution in [2.24, 2.45) is 0 Å². The van der Waals surface area contributed by atoms with Gasteiger partial charge in [0.15, 0.2) is 5.75 Å². The summed E-state index contributed by atoms with van der Waals surface area (Å²) in [6.07, 6.45) is -5.51. The van der Waals surface area contributed by atoms with Gasteiger partial charge in [0.2, 0.25) is 0 Å². The Labute approximate surface area is 97.6 Å². The minimum Gasteiger partial charge on any atom is -0.505 e. The number of pyridine rings is 1. The van der Waals surface area contributed by atoms with Gasteiger partial charge >= 0.3 is 12.3 Å². The van der Waals surface area contributed by atoms with E-state index in [1.807, 2.05) is 0 Å². The predicted molar refractivity (Wildman–Crippen MR) is 48.7 cm³/mol. The molecule has 0 bridgehead atoms. The van der Waals surface area contributed by atoms with Crippen molar-refractivity contribution in [1.82, 2.24) is 4.98 Å². The lowest BCUT2D eigenvalue weighted by atomic mass is 10.1. The largest absolute Gasteiger partial charge is 0.573 e. The highest BCUT2D eigenvalue weighted by Gasteiger charge is 2.33. The number of hydrogen-bond donors (Lipinski definition) is 2. The first-order chi connectivity index (χ1) is 8.24. The smallest absolute Gasteiger partial charge is 0.505 e. The minimum atomic E-state index is -5.07. The molecule has 0 fully saturated rings. The van der Waals surface area contributed by atoms with Crippen LogP contribution in [0.4, 0.5) is 17.6 Å². The zero-order chi connectivity index (χ0) is 13.9. The van der Waals surface area contributed by atoms with Crippen molar-refractivity contribution in [2.75, 3.05) is 0 Å². The molecule has 0 saturated carbocycles. The van der Waals surface area contributed by atoms with Crippen LogP contribution in [0, 0.1) is 0 Å². The van der Waals surface area contributed by atoms with Crippen molar-refractivity contribution in [3.05, 3.63) is 17.5 Å². The second kappa shape index (κ2) is 5.07. The summed E-state index contributed by atoms with van der Waals surface area (Å²) < 4.78 is 51.9. The van der Waals surface area contributed by atoms with Crippen LogP contribution in [0.5, 0.6) is 11.5 Å². The highest BCUT2D eigenvalue weighted by atomic mass is 19.4. The molecule has 2 N–H and O–H groups in total. The number of aromatic hydroxyl groups is 1. The zero-order valence-electron chi connectivity index (χ0n) is 8.66. The van der Waals surface area contributed by atoms with Gasteiger partial charge in [-0.25, -0.2) is 4.39 Å². The Morgan fingerprint density at radius 2 is 2.06 bits per heavy atom. The van der Waals surface area contributed by atoms with Gasteiger partial charge in [0.1, 0.15) is 18.1 Å². The molecule has 1 aromatic rings. The SMILES string of the molecule is O=C(O)Cc1c(OC(F)(F)F)cnc(CF)c1O. The number of carbonyl (C=O) groups is 1. The summed E-state index contributed by atoms with van der Waals surface area (Å²) in [5.74, 6) is -3.44. The normalized spacial score (nSPS) is 11.3. The molecule has 1 aromatic heterocycles. The van der Waals surface area contributed by atoms with E-state index in [9.17, 15) is 27.5 Å². The number of carboxylic acid groups (broad SMARTS) is 1. The minimum absolute atomic E-state index is 0.514. The maximum absolute atomic E-state index is 12.3. The molecule has 0 aliphatic rings. The summed E-state index contributed by atoms with van der Waals surface area (Å²) in [4.78, 5) is 13.7. The summed E-state index contributed by atoms with van der Waals surface area (Å²) in [5.41, 5.74) is -1.23. The lowest BCUT2D eigenvalue weighted by Crippen LogP contribution is -2.19. The van der Waals surface area contributed by atoms with Crippen LogP contribution in [0.1, 0.15) is 11.3 Å². The lowest BCUT2D eigenvalue weighted by molar-refractivity contribution is -0.275. The third-order valence-corrected chi connectivity index (χ3v) is 1.87. The quantitative estimate of drug-likeness (QED) is 0.814. The maximum atomic E-state index is 12.3. The molecule has 0 radical (unpaired) electrons. The van der Waals surface area contributed by atoms with Crippen molar-refractivity contribution < 1.29 is 37.3 Å². The third kappa shape index (κ3) is 3.47. The first-order valence-electron chi connectivity index (χ1n) is 4.47. The molecule has 0 unspecified atom stereocenters. The molecule has 0 saturated heterocycles. The molecule has 0 aromatic carbocycles. The van der Waals surface area contributed by atoms with Gasteiger partial charge in [0.05, 0.1) is 18.2 Å². The van der Waals surface area contributed by atoms with Crippen LogP contribution in [0.2, 0.25) is 0 Å². The number of nitrogens with zero attached hydrogens (tertiary/aromatic N) is 1. The zero-order valence-corrected chi connectivity index (χ0v) is 8.66. The number of ether oxygens (including phenoxy) is 1. The fraction of sp³-hybridized carbons (Fsp3) is 0.333. The van der Waals surface area contributed by atoms with Crippen LogP contribution in [-0.4, -0.2) is 27.5 Å². The molecule has 1 rings (SSSR count). The standard InChI is InChI=1S/C9H7F4NO4/c10-2-5-8(17)4(1-7(15)16)6(3-14-5)18-9(11,12)13/h3,17H,1-2H2,(H,15,16).